The number of ketones is 2. The van der Waals surface area contributed by atoms with Crippen LogP contribution >= 0.6 is 0 Å². The van der Waals surface area contributed by atoms with Crippen molar-refractivity contribution in [3.63, 3.8) is 0 Å². The molecule has 1 aromatic carbocycles. The molecule has 1 heterocycles. The Kier molecular flexibility index (Phi) is 3.20. The van der Waals surface area contributed by atoms with Crippen LogP contribution in [0.1, 0.15) is 38.9 Å². The molecular weight excluding hydrogens is 280 g/mol. The van der Waals surface area contributed by atoms with Crippen molar-refractivity contribution in [2.75, 3.05) is 0 Å². The summed E-state index contributed by atoms with van der Waals surface area (Å²) in [7, 11) is 0. The van der Waals surface area contributed by atoms with Gasteiger partial charge in [-0.05, 0) is 26.3 Å². The van der Waals surface area contributed by atoms with Gasteiger partial charge in [0.1, 0.15) is 17.6 Å². The van der Waals surface area contributed by atoms with Gasteiger partial charge in [0.15, 0.2) is 11.6 Å². The second kappa shape index (κ2) is 4.83. The lowest BCUT2D eigenvalue weighted by atomic mass is 9.73. The molecule has 0 saturated carbocycles. The van der Waals surface area contributed by atoms with E-state index in [2.05, 4.69) is 0 Å². The fraction of sp³-hybridized carbons (Fsp3) is 0.333. The Labute approximate surface area is 129 Å². The summed E-state index contributed by atoms with van der Waals surface area (Å²) in [6, 6.07) is 9.44. The molecule has 4 nitrogen and oxygen atoms in total. The fourth-order valence-electron chi connectivity index (χ4n) is 3.06. The average molecular weight is 298 g/mol. The third kappa shape index (κ3) is 1.98. The largest absolute Gasteiger partial charge is 0.507 e. The molecule has 0 radical (unpaired) electrons. The number of ether oxygens (including phenoxy) is 1. The Bertz CT molecular complexity index is 723. The summed E-state index contributed by atoms with van der Waals surface area (Å²) in [5.74, 6) is -0.362. The first-order chi connectivity index (χ1) is 10.3. The van der Waals surface area contributed by atoms with Gasteiger partial charge in [-0.15, -0.1) is 0 Å². The van der Waals surface area contributed by atoms with Gasteiger partial charge in [-0.2, -0.15) is 0 Å². The number of hydrogen-bond donors (Lipinski definition) is 1. The molecule has 2 aliphatic rings. The van der Waals surface area contributed by atoms with E-state index >= 15 is 0 Å². The number of aliphatic hydroxyl groups is 1. The highest BCUT2D eigenvalue weighted by Gasteiger charge is 2.47. The molecule has 0 unspecified atom stereocenters. The fourth-order valence-corrected chi connectivity index (χ4v) is 3.06. The smallest absolute Gasteiger partial charge is 0.175 e. The first-order valence-electron chi connectivity index (χ1n) is 7.28. The van der Waals surface area contributed by atoms with E-state index in [1.807, 2.05) is 30.3 Å². The summed E-state index contributed by atoms with van der Waals surface area (Å²) in [5.41, 5.74) is 0.318. The number of benzene rings is 1. The minimum Gasteiger partial charge on any atom is -0.507 e. The van der Waals surface area contributed by atoms with Crippen LogP contribution in [0.4, 0.5) is 0 Å². The molecule has 1 aliphatic carbocycles. The van der Waals surface area contributed by atoms with Crippen LogP contribution in [0.15, 0.2) is 53.0 Å². The summed E-state index contributed by atoms with van der Waals surface area (Å²) in [6.45, 7) is 4.99. The van der Waals surface area contributed by atoms with Crippen LogP contribution in [-0.4, -0.2) is 16.7 Å². The molecule has 22 heavy (non-hydrogen) atoms. The maximum absolute atomic E-state index is 12.5. The maximum Gasteiger partial charge on any atom is 0.175 e. The first kappa shape index (κ1) is 14.6. The number of carbonyl (C=O) groups is 2. The van der Waals surface area contributed by atoms with Crippen LogP contribution in [0.25, 0.3) is 0 Å². The molecule has 0 aromatic heterocycles. The van der Waals surface area contributed by atoms with Crippen molar-refractivity contribution in [3.8, 4) is 0 Å². The van der Waals surface area contributed by atoms with Gasteiger partial charge in [-0.3, -0.25) is 9.59 Å². The minimum absolute atomic E-state index is 0.157. The number of rotatable bonds is 1. The molecule has 1 N–H and O–H groups in total. The van der Waals surface area contributed by atoms with Crippen molar-refractivity contribution in [2.24, 2.45) is 5.41 Å². The van der Waals surface area contributed by atoms with Gasteiger partial charge in [0.25, 0.3) is 0 Å². The van der Waals surface area contributed by atoms with E-state index in [1.54, 1.807) is 20.8 Å². The number of allylic oxidation sites excluding steroid dienone is 3. The lowest BCUT2D eigenvalue weighted by Gasteiger charge is -2.38. The number of aliphatic hydroxyl groups excluding tert-OH is 1. The average Bonchev–Trinajstić information content (AvgIpc) is 2.51. The molecule has 0 saturated heterocycles. The number of carbonyl (C=O) groups excluding carboxylic acids is 2. The molecule has 114 valence electrons. The van der Waals surface area contributed by atoms with Gasteiger partial charge in [0.05, 0.1) is 17.4 Å². The van der Waals surface area contributed by atoms with Gasteiger partial charge in [-0.25, -0.2) is 0 Å². The molecule has 0 bridgehead atoms. The Morgan fingerprint density at radius 2 is 1.82 bits per heavy atom. The van der Waals surface area contributed by atoms with Crippen molar-refractivity contribution in [2.45, 2.75) is 33.3 Å². The summed E-state index contributed by atoms with van der Waals surface area (Å²) < 4.78 is 6.00. The summed E-state index contributed by atoms with van der Waals surface area (Å²) in [4.78, 5) is 24.9. The molecular formula is C18H18O4. The van der Waals surface area contributed by atoms with Crippen LogP contribution in [0.3, 0.4) is 0 Å². The maximum atomic E-state index is 12.5. The van der Waals surface area contributed by atoms with Crippen molar-refractivity contribution in [1.29, 1.82) is 0 Å². The van der Waals surface area contributed by atoms with Crippen molar-refractivity contribution >= 4 is 11.6 Å². The molecule has 3 rings (SSSR count). The van der Waals surface area contributed by atoms with Gasteiger partial charge in [0.2, 0.25) is 0 Å². The van der Waals surface area contributed by atoms with E-state index in [-0.39, 0.29) is 40.7 Å². The predicted molar refractivity (Wildman–Crippen MR) is 81.0 cm³/mol. The Balaban J connectivity index is 2.11. The quantitative estimate of drug-likeness (QED) is 0.863. The van der Waals surface area contributed by atoms with Gasteiger partial charge in [0, 0.05) is 5.57 Å². The normalized spacial score (nSPS) is 24.2. The standard InChI is InChI=1S/C18H18O4/c1-10-15(20)14-12(19)9-13(11-7-5-4-6-8-11)22-17(14)18(2,3)16(10)21/h4-8,13,20H,9H2,1-3H3/t13-/m1/s1. The van der Waals surface area contributed by atoms with E-state index in [0.717, 1.165) is 5.56 Å². The minimum atomic E-state index is -0.950. The van der Waals surface area contributed by atoms with Crippen LogP contribution in [0, 0.1) is 5.41 Å². The Hall–Kier alpha value is -2.36. The van der Waals surface area contributed by atoms with Crippen molar-refractivity contribution in [3.05, 3.63) is 58.6 Å². The zero-order valence-corrected chi connectivity index (χ0v) is 12.8. The van der Waals surface area contributed by atoms with Crippen LogP contribution in [-0.2, 0) is 14.3 Å². The lowest BCUT2D eigenvalue weighted by molar-refractivity contribution is -0.127. The van der Waals surface area contributed by atoms with E-state index in [0.29, 0.717) is 0 Å². The van der Waals surface area contributed by atoms with Gasteiger partial charge >= 0.3 is 0 Å². The van der Waals surface area contributed by atoms with E-state index in [4.69, 9.17) is 4.74 Å². The van der Waals surface area contributed by atoms with Crippen LogP contribution < -0.4 is 0 Å². The third-order valence-electron chi connectivity index (χ3n) is 4.38. The summed E-state index contributed by atoms with van der Waals surface area (Å²) in [6.07, 6.45) is -0.268. The topological polar surface area (TPSA) is 63.6 Å². The van der Waals surface area contributed by atoms with Gasteiger partial charge < -0.3 is 9.84 Å². The summed E-state index contributed by atoms with van der Waals surface area (Å²) >= 11 is 0. The highest BCUT2D eigenvalue weighted by atomic mass is 16.5. The second-order valence-electron chi connectivity index (χ2n) is 6.28. The van der Waals surface area contributed by atoms with E-state index < -0.39 is 11.5 Å². The molecule has 0 fully saturated rings. The number of hydrogen-bond acceptors (Lipinski definition) is 4. The molecule has 1 aromatic rings. The van der Waals surface area contributed by atoms with Gasteiger partial charge in [-0.1, -0.05) is 30.3 Å². The SMILES string of the molecule is CC1=C(O)C2=C(O[C@@H](c3ccccc3)CC2=O)C(C)(C)C1=O. The molecule has 0 spiro atoms. The third-order valence-corrected chi connectivity index (χ3v) is 4.38. The van der Waals surface area contributed by atoms with E-state index in [1.165, 1.54) is 0 Å². The lowest BCUT2D eigenvalue weighted by Crippen LogP contribution is -2.39. The molecule has 0 amide bonds. The first-order valence-corrected chi connectivity index (χ1v) is 7.28. The van der Waals surface area contributed by atoms with Crippen molar-refractivity contribution in [1.82, 2.24) is 0 Å². The summed E-state index contributed by atoms with van der Waals surface area (Å²) in [5, 5.41) is 10.2. The van der Waals surface area contributed by atoms with Crippen LogP contribution in [0.5, 0.6) is 0 Å². The number of Topliss-reactive ketones (excluding diaryl/α,β-unsaturated/α-hetero) is 2. The molecule has 4 heteroatoms. The van der Waals surface area contributed by atoms with E-state index in [9.17, 15) is 14.7 Å². The zero-order valence-electron chi connectivity index (χ0n) is 12.8. The van der Waals surface area contributed by atoms with Crippen LogP contribution in [0.2, 0.25) is 0 Å². The molecule has 1 atom stereocenters. The second-order valence-corrected chi connectivity index (χ2v) is 6.28. The Morgan fingerprint density at radius 1 is 1.18 bits per heavy atom. The highest BCUT2D eigenvalue weighted by Crippen LogP contribution is 2.46. The predicted octanol–water partition coefficient (Wildman–Crippen LogP) is 3.41. The monoisotopic (exact) mass is 298 g/mol. The highest BCUT2D eigenvalue weighted by molar-refractivity contribution is 6.10. The van der Waals surface area contributed by atoms with Crippen molar-refractivity contribution < 1.29 is 19.4 Å². The Morgan fingerprint density at radius 3 is 2.45 bits per heavy atom. The molecule has 1 aliphatic heterocycles. The zero-order chi connectivity index (χ0) is 16.1.